The first-order chi connectivity index (χ1) is 11.0. The molecule has 2 atom stereocenters. The number of allylic oxidation sites excluding steroid dienone is 2. The van der Waals surface area contributed by atoms with Crippen LogP contribution in [-0.2, 0) is 20.9 Å². The predicted molar refractivity (Wildman–Crippen MR) is 86.4 cm³/mol. The number of ether oxygens (including phenoxy) is 1. The summed E-state index contributed by atoms with van der Waals surface area (Å²) in [7, 11) is 0. The number of aliphatic hydroxyl groups is 1. The average Bonchev–Trinajstić information content (AvgIpc) is 2.58. The van der Waals surface area contributed by atoms with E-state index in [2.05, 4.69) is 11.4 Å². The summed E-state index contributed by atoms with van der Waals surface area (Å²) in [5.74, 6) is -0.875. The van der Waals surface area contributed by atoms with Crippen LogP contribution >= 0.6 is 0 Å². The lowest BCUT2D eigenvalue weighted by Crippen LogP contribution is -2.44. The molecule has 0 saturated carbocycles. The second kappa shape index (κ2) is 7.92. The Bertz CT molecular complexity index is 570. The number of nitrogens with one attached hydrogen (secondary N) is 1. The monoisotopic (exact) mass is 317 g/mol. The first-order valence-electron chi connectivity index (χ1n) is 7.83. The maximum atomic E-state index is 12.2. The van der Waals surface area contributed by atoms with Gasteiger partial charge in [0.1, 0.15) is 6.61 Å². The molecule has 23 heavy (non-hydrogen) atoms. The van der Waals surface area contributed by atoms with E-state index >= 15 is 0 Å². The van der Waals surface area contributed by atoms with Gasteiger partial charge in [0.25, 0.3) is 0 Å². The number of rotatable bonds is 6. The molecule has 5 nitrogen and oxygen atoms in total. The van der Waals surface area contributed by atoms with Gasteiger partial charge in [-0.1, -0.05) is 49.4 Å². The zero-order valence-electron chi connectivity index (χ0n) is 13.3. The molecule has 1 aliphatic rings. The number of benzene rings is 1. The normalized spacial score (nSPS) is 21.5. The van der Waals surface area contributed by atoms with Crippen molar-refractivity contribution in [1.29, 1.82) is 0 Å². The van der Waals surface area contributed by atoms with Crippen molar-refractivity contribution in [2.75, 3.05) is 6.54 Å². The van der Waals surface area contributed by atoms with Crippen LogP contribution in [0.25, 0.3) is 0 Å². The summed E-state index contributed by atoms with van der Waals surface area (Å²) in [4.78, 5) is 24.0. The Hall–Kier alpha value is -2.14. The molecule has 1 amide bonds. The largest absolute Gasteiger partial charge is 0.459 e. The van der Waals surface area contributed by atoms with Crippen LogP contribution in [0.2, 0.25) is 0 Å². The second-order valence-electron chi connectivity index (χ2n) is 6.09. The number of aliphatic hydroxyl groups excluding tert-OH is 1. The van der Waals surface area contributed by atoms with Gasteiger partial charge in [-0.3, -0.25) is 4.79 Å². The summed E-state index contributed by atoms with van der Waals surface area (Å²) < 4.78 is 5.04. The van der Waals surface area contributed by atoms with Crippen LogP contribution in [0.1, 0.15) is 31.7 Å². The van der Waals surface area contributed by atoms with Gasteiger partial charge in [-0.25, -0.2) is 4.79 Å². The van der Waals surface area contributed by atoms with Crippen LogP contribution in [0.15, 0.2) is 42.5 Å². The van der Waals surface area contributed by atoms with E-state index in [1.54, 1.807) is 0 Å². The Kier molecular flexibility index (Phi) is 5.93. The van der Waals surface area contributed by atoms with Crippen molar-refractivity contribution in [3.05, 3.63) is 48.0 Å². The Balaban J connectivity index is 1.75. The molecule has 1 aromatic carbocycles. The summed E-state index contributed by atoms with van der Waals surface area (Å²) in [6.45, 7) is 1.87. The van der Waals surface area contributed by atoms with Crippen molar-refractivity contribution < 1.29 is 19.4 Å². The topological polar surface area (TPSA) is 75.6 Å². The Morgan fingerprint density at radius 1 is 1.30 bits per heavy atom. The van der Waals surface area contributed by atoms with Crippen molar-refractivity contribution in [3.8, 4) is 0 Å². The van der Waals surface area contributed by atoms with Gasteiger partial charge in [0.2, 0.25) is 5.91 Å². The minimum Gasteiger partial charge on any atom is -0.459 e. The quantitative estimate of drug-likeness (QED) is 0.621. The van der Waals surface area contributed by atoms with Gasteiger partial charge in [-0.2, -0.15) is 0 Å². The van der Waals surface area contributed by atoms with E-state index in [-0.39, 0.29) is 19.1 Å². The Morgan fingerprint density at radius 3 is 2.70 bits per heavy atom. The van der Waals surface area contributed by atoms with E-state index in [4.69, 9.17) is 4.74 Å². The number of carbonyl (C=O) groups excluding carboxylic acids is 2. The summed E-state index contributed by atoms with van der Waals surface area (Å²) in [5.41, 5.74) is 0.376. The van der Waals surface area contributed by atoms with E-state index in [1.807, 2.05) is 43.3 Å². The highest BCUT2D eigenvalue weighted by Gasteiger charge is 2.33. The minimum atomic E-state index is -1.36. The van der Waals surface area contributed by atoms with Crippen LogP contribution in [0.3, 0.4) is 0 Å². The Morgan fingerprint density at radius 2 is 2.04 bits per heavy atom. The SMILES string of the molecule is C[C@@]1(C(=O)NC[C@H](O)C(=O)OCc2ccccc2)CC=CCC1. The molecule has 124 valence electrons. The predicted octanol–water partition coefficient (Wildman–Crippen LogP) is 1.95. The first-order valence-corrected chi connectivity index (χ1v) is 7.83. The molecule has 0 heterocycles. The zero-order chi connectivity index (χ0) is 16.7. The van der Waals surface area contributed by atoms with E-state index in [0.29, 0.717) is 6.42 Å². The van der Waals surface area contributed by atoms with Gasteiger partial charge < -0.3 is 15.2 Å². The molecular weight excluding hydrogens is 294 g/mol. The van der Waals surface area contributed by atoms with Gasteiger partial charge >= 0.3 is 5.97 Å². The minimum absolute atomic E-state index is 0.104. The summed E-state index contributed by atoms with van der Waals surface area (Å²) >= 11 is 0. The molecule has 0 aliphatic heterocycles. The summed E-state index contributed by atoms with van der Waals surface area (Å²) in [6.07, 6.45) is 5.01. The average molecular weight is 317 g/mol. The highest BCUT2D eigenvalue weighted by atomic mass is 16.5. The van der Waals surface area contributed by atoms with Crippen molar-refractivity contribution in [2.45, 2.75) is 38.9 Å². The fourth-order valence-electron chi connectivity index (χ4n) is 2.48. The molecule has 1 aliphatic carbocycles. The molecule has 1 aromatic rings. The maximum Gasteiger partial charge on any atom is 0.337 e. The van der Waals surface area contributed by atoms with Crippen LogP contribution in [-0.4, -0.2) is 29.6 Å². The molecule has 0 unspecified atom stereocenters. The molecular formula is C18H23NO4. The van der Waals surface area contributed by atoms with Crippen LogP contribution in [0.5, 0.6) is 0 Å². The fraction of sp³-hybridized carbons (Fsp3) is 0.444. The van der Waals surface area contributed by atoms with E-state index in [9.17, 15) is 14.7 Å². The molecule has 0 aromatic heterocycles. The highest BCUT2D eigenvalue weighted by molar-refractivity contribution is 5.83. The molecule has 2 rings (SSSR count). The van der Waals surface area contributed by atoms with Gasteiger partial charge in [-0.15, -0.1) is 0 Å². The summed E-state index contributed by atoms with van der Waals surface area (Å²) in [5, 5.41) is 12.5. The van der Waals surface area contributed by atoms with Crippen molar-refractivity contribution in [3.63, 3.8) is 0 Å². The third kappa shape index (κ3) is 4.93. The molecule has 0 fully saturated rings. The third-order valence-electron chi connectivity index (χ3n) is 4.10. The Labute approximate surface area is 136 Å². The molecule has 5 heteroatoms. The third-order valence-corrected chi connectivity index (χ3v) is 4.10. The van der Waals surface area contributed by atoms with Crippen molar-refractivity contribution in [2.24, 2.45) is 5.41 Å². The van der Waals surface area contributed by atoms with Crippen molar-refractivity contribution >= 4 is 11.9 Å². The van der Waals surface area contributed by atoms with Gasteiger partial charge in [0.15, 0.2) is 6.10 Å². The van der Waals surface area contributed by atoms with Gasteiger partial charge in [-0.05, 0) is 24.8 Å². The molecule has 0 spiro atoms. The lowest BCUT2D eigenvalue weighted by atomic mass is 9.78. The second-order valence-corrected chi connectivity index (χ2v) is 6.09. The van der Waals surface area contributed by atoms with Crippen LogP contribution in [0, 0.1) is 5.41 Å². The van der Waals surface area contributed by atoms with Crippen molar-refractivity contribution in [1.82, 2.24) is 5.32 Å². The fourth-order valence-corrected chi connectivity index (χ4v) is 2.48. The van der Waals surface area contributed by atoms with Crippen LogP contribution in [0.4, 0.5) is 0 Å². The molecule has 2 N–H and O–H groups in total. The standard InChI is InChI=1S/C18H23NO4/c1-18(10-6-3-7-11-18)17(22)19-12-15(20)16(21)23-13-14-8-4-2-5-9-14/h2-6,8-9,15,20H,7,10-13H2,1H3,(H,19,22)/t15-,18+/m0/s1. The number of esters is 1. The molecule has 0 radical (unpaired) electrons. The molecule has 0 saturated heterocycles. The number of carbonyl (C=O) groups is 2. The van der Waals surface area contributed by atoms with E-state index < -0.39 is 17.5 Å². The van der Waals surface area contributed by atoms with Gasteiger partial charge in [0, 0.05) is 0 Å². The highest BCUT2D eigenvalue weighted by Crippen LogP contribution is 2.32. The summed E-state index contributed by atoms with van der Waals surface area (Å²) in [6, 6.07) is 9.23. The lowest BCUT2D eigenvalue weighted by molar-refractivity contribution is -0.154. The maximum absolute atomic E-state index is 12.2. The molecule has 0 bridgehead atoms. The number of hydrogen-bond donors (Lipinski definition) is 2. The van der Waals surface area contributed by atoms with Crippen LogP contribution < -0.4 is 5.32 Å². The first kappa shape index (κ1) is 17.2. The lowest BCUT2D eigenvalue weighted by Gasteiger charge is -2.29. The van der Waals surface area contributed by atoms with Gasteiger partial charge in [0.05, 0.1) is 12.0 Å². The zero-order valence-corrected chi connectivity index (χ0v) is 13.3. The number of amides is 1. The smallest absolute Gasteiger partial charge is 0.337 e. The van der Waals surface area contributed by atoms with E-state index in [1.165, 1.54) is 0 Å². The number of hydrogen-bond acceptors (Lipinski definition) is 4. The van der Waals surface area contributed by atoms with E-state index in [0.717, 1.165) is 18.4 Å².